The third kappa shape index (κ3) is 4.85. The van der Waals surface area contributed by atoms with Crippen molar-refractivity contribution >= 4 is 21.5 Å². The molecule has 0 radical (unpaired) electrons. The van der Waals surface area contributed by atoms with Crippen molar-refractivity contribution in [2.45, 2.75) is 31.6 Å². The average Bonchev–Trinajstić information content (AvgIpc) is 2.60. The summed E-state index contributed by atoms with van der Waals surface area (Å²) in [5.41, 5.74) is 1.78. The zero-order chi connectivity index (χ0) is 18.4. The molecule has 0 aliphatic rings. The number of anilines is 2. The molecule has 0 aliphatic heterocycles. The molecule has 0 bridgehead atoms. The summed E-state index contributed by atoms with van der Waals surface area (Å²) in [5.74, 6) is 0.574. The lowest BCUT2D eigenvalue weighted by atomic mass is 10.2. The Labute approximate surface area is 149 Å². The van der Waals surface area contributed by atoms with Gasteiger partial charge in [0.05, 0.1) is 19.0 Å². The summed E-state index contributed by atoms with van der Waals surface area (Å²) in [5, 5.41) is 0. The second-order valence-corrected chi connectivity index (χ2v) is 7.59. The van der Waals surface area contributed by atoms with Crippen LogP contribution < -0.4 is 14.4 Å². The van der Waals surface area contributed by atoms with Crippen molar-refractivity contribution in [3.05, 3.63) is 42.1 Å². The average molecular weight is 363 g/mol. The van der Waals surface area contributed by atoms with Crippen LogP contribution in [-0.2, 0) is 10.0 Å². The molecule has 0 spiro atoms. The van der Waals surface area contributed by atoms with Crippen molar-refractivity contribution in [2.24, 2.45) is 0 Å². The molecule has 0 amide bonds. The van der Waals surface area contributed by atoms with Crippen molar-refractivity contribution in [2.75, 3.05) is 30.3 Å². The van der Waals surface area contributed by atoms with Gasteiger partial charge in [-0.15, -0.1) is 0 Å². The molecule has 0 atom stereocenters. The molecule has 25 heavy (non-hydrogen) atoms. The summed E-state index contributed by atoms with van der Waals surface area (Å²) in [6.07, 6.45) is 3.88. The molecule has 2 rings (SSSR count). The fourth-order valence-electron chi connectivity index (χ4n) is 2.38. The van der Waals surface area contributed by atoms with Crippen molar-refractivity contribution in [1.29, 1.82) is 0 Å². The summed E-state index contributed by atoms with van der Waals surface area (Å²) in [6.45, 7) is 4.91. The Morgan fingerprint density at radius 3 is 2.60 bits per heavy atom. The normalized spacial score (nSPS) is 11.2. The molecular weight excluding hydrogens is 338 g/mol. The third-order valence-corrected chi connectivity index (χ3v) is 5.26. The summed E-state index contributed by atoms with van der Waals surface area (Å²) in [7, 11) is -0.336. The third-order valence-electron chi connectivity index (χ3n) is 3.88. The van der Waals surface area contributed by atoms with E-state index in [4.69, 9.17) is 4.74 Å². The van der Waals surface area contributed by atoms with E-state index in [1.807, 2.05) is 20.0 Å². The van der Waals surface area contributed by atoms with Crippen LogP contribution in [0.3, 0.4) is 0 Å². The number of pyridine rings is 1. The first-order chi connectivity index (χ1) is 11.9. The molecule has 136 valence electrons. The van der Waals surface area contributed by atoms with Crippen LogP contribution in [0.25, 0.3) is 0 Å². The van der Waals surface area contributed by atoms with Gasteiger partial charge in [-0.1, -0.05) is 19.4 Å². The van der Waals surface area contributed by atoms with E-state index in [9.17, 15) is 8.42 Å². The minimum atomic E-state index is -3.78. The predicted octanol–water partition coefficient (Wildman–Crippen LogP) is 3.44. The van der Waals surface area contributed by atoms with Gasteiger partial charge in [0.2, 0.25) is 0 Å². The summed E-state index contributed by atoms with van der Waals surface area (Å²) in [6, 6.07) is 8.54. The lowest BCUT2D eigenvalue weighted by Gasteiger charge is -2.18. The molecule has 0 saturated carbocycles. The number of unbranched alkanes of at least 4 members (excludes halogenated alkanes) is 1. The SMILES string of the molecule is CCCCN(C)c1ccc(NS(=O)(=O)c2cc(C)ccc2OC)nc1. The van der Waals surface area contributed by atoms with E-state index >= 15 is 0 Å². The largest absolute Gasteiger partial charge is 0.495 e. The predicted molar refractivity (Wildman–Crippen MR) is 101 cm³/mol. The van der Waals surface area contributed by atoms with Gasteiger partial charge in [-0.05, 0) is 43.2 Å². The fourth-order valence-corrected chi connectivity index (χ4v) is 3.65. The van der Waals surface area contributed by atoms with Gasteiger partial charge in [0.25, 0.3) is 10.0 Å². The Morgan fingerprint density at radius 1 is 1.24 bits per heavy atom. The Kier molecular flexibility index (Phi) is 6.25. The highest BCUT2D eigenvalue weighted by Gasteiger charge is 2.20. The number of nitrogens with zero attached hydrogens (tertiary/aromatic N) is 2. The highest BCUT2D eigenvalue weighted by molar-refractivity contribution is 7.92. The van der Waals surface area contributed by atoms with Crippen LogP contribution in [0, 0.1) is 6.92 Å². The molecule has 1 aromatic heterocycles. The van der Waals surface area contributed by atoms with E-state index in [2.05, 4.69) is 21.5 Å². The second-order valence-electron chi connectivity index (χ2n) is 5.94. The zero-order valence-corrected chi connectivity index (χ0v) is 15.9. The van der Waals surface area contributed by atoms with Gasteiger partial charge in [-0.2, -0.15) is 0 Å². The van der Waals surface area contributed by atoms with Gasteiger partial charge in [0.15, 0.2) is 0 Å². The van der Waals surface area contributed by atoms with Gasteiger partial charge in [-0.25, -0.2) is 13.4 Å². The highest BCUT2D eigenvalue weighted by Crippen LogP contribution is 2.26. The number of ether oxygens (including phenoxy) is 1. The number of methoxy groups -OCH3 is 1. The highest BCUT2D eigenvalue weighted by atomic mass is 32.2. The van der Waals surface area contributed by atoms with Crippen molar-refractivity contribution in [3.8, 4) is 5.75 Å². The van der Waals surface area contributed by atoms with Crippen molar-refractivity contribution in [3.63, 3.8) is 0 Å². The second kappa shape index (κ2) is 8.20. The summed E-state index contributed by atoms with van der Waals surface area (Å²) in [4.78, 5) is 6.42. The van der Waals surface area contributed by atoms with Crippen LogP contribution in [0.2, 0.25) is 0 Å². The van der Waals surface area contributed by atoms with Gasteiger partial charge >= 0.3 is 0 Å². The smallest absolute Gasteiger partial charge is 0.266 e. The van der Waals surface area contributed by atoms with E-state index in [-0.39, 0.29) is 10.7 Å². The summed E-state index contributed by atoms with van der Waals surface area (Å²) < 4.78 is 33.0. The minimum Gasteiger partial charge on any atom is -0.495 e. The van der Waals surface area contributed by atoms with Gasteiger partial charge in [0, 0.05) is 13.6 Å². The van der Waals surface area contributed by atoms with Crippen LogP contribution in [0.1, 0.15) is 25.3 Å². The molecule has 2 aromatic rings. The maximum absolute atomic E-state index is 12.7. The first-order valence-corrected chi connectivity index (χ1v) is 9.70. The van der Waals surface area contributed by atoms with Crippen LogP contribution in [0.5, 0.6) is 5.75 Å². The van der Waals surface area contributed by atoms with Crippen LogP contribution >= 0.6 is 0 Å². The molecule has 7 heteroatoms. The topological polar surface area (TPSA) is 71.5 Å². The standard InChI is InChI=1S/C18H25N3O3S/c1-5-6-11-21(3)15-8-10-18(19-13-15)20-25(22,23)17-12-14(2)7-9-16(17)24-4/h7-10,12-13H,5-6,11H2,1-4H3,(H,19,20). The van der Waals surface area contributed by atoms with E-state index in [1.54, 1.807) is 30.5 Å². The number of benzene rings is 1. The zero-order valence-electron chi connectivity index (χ0n) is 15.1. The molecule has 1 aromatic carbocycles. The summed E-state index contributed by atoms with van der Waals surface area (Å²) >= 11 is 0. The number of hydrogen-bond donors (Lipinski definition) is 1. The molecule has 0 aliphatic carbocycles. The maximum atomic E-state index is 12.7. The number of rotatable bonds is 8. The van der Waals surface area contributed by atoms with E-state index in [0.717, 1.165) is 30.6 Å². The number of aromatic nitrogens is 1. The van der Waals surface area contributed by atoms with E-state index < -0.39 is 10.0 Å². The molecule has 1 N–H and O–H groups in total. The number of sulfonamides is 1. The Hall–Kier alpha value is -2.28. The fraction of sp³-hybridized carbons (Fsp3) is 0.389. The molecule has 1 heterocycles. The first-order valence-electron chi connectivity index (χ1n) is 8.22. The number of aryl methyl sites for hydroxylation is 1. The maximum Gasteiger partial charge on any atom is 0.266 e. The van der Waals surface area contributed by atoms with E-state index in [1.165, 1.54) is 7.11 Å². The van der Waals surface area contributed by atoms with Gasteiger partial charge in [0.1, 0.15) is 16.5 Å². The lowest BCUT2D eigenvalue weighted by molar-refractivity contribution is 0.402. The Morgan fingerprint density at radius 2 is 2.00 bits per heavy atom. The number of nitrogens with one attached hydrogen (secondary N) is 1. The van der Waals surface area contributed by atoms with Gasteiger partial charge < -0.3 is 9.64 Å². The molecule has 6 nitrogen and oxygen atoms in total. The molecule has 0 saturated heterocycles. The molecule has 0 fully saturated rings. The van der Waals surface area contributed by atoms with Crippen LogP contribution in [0.15, 0.2) is 41.4 Å². The minimum absolute atomic E-state index is 0.0981. The van der Waals surface area contributed by atoms with Crippen LogP contribution in [-0.4, -0.2) is 34.1 Å². The van der Waals surface area contributed by atoms with Crippen LogP contribution in [0.4, 0.5) is 11.5 Å². The Balaban J connectivity index is 2.20. The van der Waals surface area contributed by atoms with Gasteiger partial charge in [-0.3, -0.25) is 4.72 Å². The molecule has 0 unspecified atom stereocenters. The first kappa shape index (κ1) is 19.1. The lowest BCUT2D eigenvalue weighted by Crippen LogP contribution is -2.19. The quantitative estimate of drug-likeness (QED) is 0.778. The van der Waals surface area contributed by atoms with Crippen molar-refractivity contribution in [1.82, 2.24) is 4.98 Å². The monoisotopic (exact) mass is 363 g/mol. The van der Waals surface area contributed by atoms with E-state index in [0.29, 0.717) is 5.75 Å². The van der Waals surface area contributed by atoms with Crippen molar-refractivity contribution < 1.29 is 13.2 Å². The molecular formula is C18H25N3O3S. The Bertz CT molecular complexity index is 805. The number of hydrogen-bond acceptors (Lipinski definition) is 5.